The van der Waals surface area contributed by atoms with Crippen molar-refractivity contribution in [2.45, 2.75) is 19.9 Å². The van der Waals surface area contributed by atoms with Crippen molar-refractivity contribution in [1.29, 1.82) is 0 Å². The Morgan fingerprint density at radius 1 is 1.03 bits per heavy atom. The summed E-state index contributed by atoms with van der Waals surface area (Å²) in [5.74, 6) is 1.84. The molecule has 33 heavy (non-hydrogen) atoms. The van der Waals surface area contributed by atoms with E-state index in [1.165, 1.54) is 5.56 Å². The molecule has 0 bridgehead atoms. The number of benzene rings is 1. The number of H-pyrrole nitrogens is 1. The molecule has 4 aromatic rings. The van der Waals surface area contributed by atoms with Gasteiger partial charge in [-0.2, -0.15) is 0 Å². The number of fused-ring (bicyclic) bond motifs is 1. The normalized spacial score (nSPS) is 14.6. The number of imidazole rings is 1. The SMILES string of the molecule is CCN(C)c1cc(-c2ccc3nc(Cc4cc(CN5CCNCC5)ccn4)[nH]c3c2)ncn1. The fourth-order valence-electron chi connectivity index (χ4n) is 4.20. The fraction of sp³-hybridized carbons (Fsp3) is 0.360. The molecule has 1 aromatic carbocycles. The second-order valence-corrected chi connectivity index (χ2v) is 8.55. The van der Waals surface area contributed by atoms with Gasteiger partial charge in [-0.15, -0.1) is 0 Å². The second kappa shape index (κ2) is 9.64. The van der Waals surface area contributed by atoms with Gasteiger partial charge >= 0.3 is 0 Å². The van der Waals surface area contributed by atoms with E-state index < -0.39 is 0 Å². The molecule has 3 aromatic heterocycles. The van der Waals surface area contributed by atoms with Crippen LogP contribution in [0.3, 0.4) is 0 Å². The van der Waals surface area contributed by atoms with E-state index >= 15 is 0 Å². The van der Waals surface area contributed by atoms with Gasteiger partial charge in [0.25, 0.3) is 0 Å². The van der Waals surface area contributed by atoms with E-state index in [-0.39, 0.29) is 0 Å². The Bertz CT molecular complexity index is 1230. The highest BCUT2D eigenvalue weighted by Crippen LogP contribution is 2.24. The smallest absolute Gasteiger partial charge is 0.132 e. The van der Waals surface area contributed by atoms with Gasteiger partial charge in [0, 0.05) is 76.3 Å². The lowest BCUT2D eigenvalue weighted by Gasteiger charge is -2.27. The van der Waals surface area contributed by atoms with Gasteiger partial charge in [-0.1, -0.05) is 6.07 Å². The maximum Gasteiger partial charge on any atom is 0.132 e. The molecule has 0 radical (unpaired) electrons. The highest BCUT2D eigenvalue weighted by molar-refractivity contribution is 5.81. The van der Waals surface area contributed by atoms with Gasteiger partial charge in [0.1, 0.15) is 18.0 Å². The molecule has 0 amide bonds. The summed E-state index contributed by atoms with van der Waals surface area (Å²) >= 11 is 0. The lowest BCUT2D eigenvalue weighted by molar-refractivity contribution is 0.233. The van der Waals surface area contributed by atoms with Crippen molar-refractivity contribution in [3.05, 3.63) is 66.0 Å². The van der Waals surface area contributed by atoms with Gasteiger partial charge in [-0.05, 0) is 36.8 Å². The van der Waals surface area contributed by atoms with Crippen LogP contribution in [0.4, 0.5) is 5.82 Å². The Kier molecular flexibility index (Phi) is 6.28. The maximum atomic E-state index is 4.79. The molecular formula is C25H30N8. The summed E-state index contributed by atoms with van der Waals surface area (Å²) < 4.78 is 0. The molecule has 0 spiro atoms. The summed E-state index contributed by atoms with van der Waals surface area (Å²) in [6.45, 7) is 8.27. The average Bonchev–Trinajstić information content (AvgIpc) is 3.26. The molecule has 1 saturated heterocycles. The molecule has 170 valence electrons. The number of hydrogen-bond donors (Lipinski definition) is 2. The summed E-state index contributed by atoms with van der Waals surface area (Å²) in [6, 6.07) is 12.6. The van der Waals surface area contributed by atoms with E-state index in [0.717, 1.165) is 78.9 Å². The first-order chi connectivity index (χ1) is 16.2. The van der Waals surface area contributed by atoms with E-state index in [4.69, 9.17) is 4.98 Å². The molecule has 4 heterocycles. The molecule has 0 saturated carbocycles. The van der Waals surface area contributed by atoms with Gasteiger partial charge < -0.3 is 15.2 Å². The van der Waals surface area contributed by atoms with Crippen LogP contribution < -0.4 is 10.2 Å². The number of pyridine rings is 1. The molecule has 8 nitrogen and oxygen atoms in total. The van der Waals surface area contributed by atoms with Crippen molar-refractivity contribution < 1.29 is 0 Å². The standard InChI is InChI=1S/C25H30N8/c1-3-32(2)25-15-22(28-17-29-25)19-4-5-21-23(13-19)31-24(30-21)14-20-12-18(6-7-27-20)16-33-10-8-26-9-11-33/h4-7,12-13,15,17,26H,3,8-11,14,16H2,1-2H3,(H,30,31). The number of anilines is 1. The molecule has 0 atom stereocenters. The highest BCUT2D eigenvalue weighted by Gasteiger charge is 2.12. The molecule has 1 fully saturated rings. The Balaban J connectivity index is 1.34. The van der Waals surface area contributed by atoms with Gasteiger partial charge in [-0.3, -0.25) is 9.88 Å². The van der Waals surface area contributed by atoms with Crippen LogP contribution in [0.5, 0.6) is 0 Å². The summed E-state index contributed by atoms with van der Waals surface area (Å²) in [5.41, 5.74) is 6.23. The van der Waals surface area contributed by atoms with Crippen molar-refractivity contribution in [2.24, 2.45) is 0 Å². The molecule has 1 aliphatic heterocycles. The first-order valence-electron chi connectivity index (χ1n) is 11.6. The number of rotatable bonds is 7. The predicted octanol–water partition coefficient (Wildman–Crippen LogP) is 2.87. The van der Waals surface area contributed by atoms with Crippen LogP contribution in [0.25, 0.3) is 22.3 Å². The Hall–Kier alpha value is -3.36. The average molecular weight is 443 g/mol. The van der Waals surface area contributed by atoms with Gasteiger partial charge in [0.2, 0.25) is 0 Å². The third kappa shape index (κ3) is 5.02. The van der Waals surface area contributed by atoms with Crippen molar-refractivity contribution in [1.82, 2.24) is 35.1 Å². The first kappa shape index (κ1) is 21.5. The zero-order chi connectivity index (χ0) is 22.6. The third-order valence-corrected chi connectivity index (χ3v) is 6.19. The van der Waals surface area contributed by atoms with E-state index in [2.05, 4.69) is 66.2 Å². The van der Waals surface area contributed by atoms with Crippen molar-refractivity contribution >= 4 is 16.9 Å². The van der Waals surface area contributed by atoms with Gasteiger partial charge in [0.05, 0.1) is 16.7 Å². The monoisotopic (exact) mass is 442 g/mol. The minimum atomic E-state index is 0.679. The second-order valence-electron chi connectivity index (χ2n) is 8.55. The lowest BCUT2D eigenvalue weighted by atomic mass is 10.1. The van der Waals surface area contributed by atoms with Crippen molar-refractivity contribution in [3.8, 4) is 11.3 Å². The minimum absolute atomic E-state index is 0.679. The van der Waals surface area contributed by atoms with Gasteiger partial charge in [-0.25, -0.2) is 15.0 Å². The van der Waals surface area contributed by atoms with Gasteiger partial charge in [0.15, 0.2) is 0 Å². The van der Waals surface area contributed by atoms with Crippen LogP contribution in [0.2, 0.25) is 0 Å². The molecule has 5 rings (SSSR count). The molecule has 2 N–H and O–H groups in total. The maximum absolute atomic E-state index is 4.79. The quantitative estimate of drug-likeness (QED) is 0.455. The molecule has 0 aliphatic carbocycles. The van der Waals surface area contributed by atoms with Crippen molar-refractivity contribution in [3.63, 3.8) is 0 Å². The van der Waals surface area contributed by atoms with Crippen LogP contribution in [-0.4, -0.2) is 69.6 Å². The fourth-order valence-corrected chi connectivity index (χ4v) is 4.20. The van der Waals surface area contributed by atoms with E-state index in [1.54, 1.807) is 6.33 Å². The topological polar surface area (TPSA) is 85.9 Å². The Labute approximate surface area is 194 Å². The number of piperazine rings is 1. The molecule has 0 unspecified atom stereocenters. The zero-order valence-electron chi connectivity index (χ0n) is 19.3. The summed E-state index contributed by atoms with van der Waals surface area (Å²) in [5, 5.41) is 3.41. The zero-order valence-corrected chi connectivity index (χ0v) is 19.3. The van der Waals surface area contributed by atoms with E-state index in [0.29, 0.717) is 6.42 Å². The van der Waals surface area contributed by atoms with Crippen LogP contribution in [0.15, 0.2) is 48.9 Å². The van der Waals surface area contributed by atoms with E-state index in [1.807, 2.05) is 25.4 Å². The number of nitrogens with zero attached hydrogens (tertiary/aromatic N) is 6. The summed E-state index contributed by atoms with van der Waals surface area (Å²) in [7, 11) is 2.03. The number of aromatic nitrogens is 5. The number of nitrogens with one attached hydrogen (secondary N) is 2. The first-order valence-corrected chi connectivity index (χ1v) is 11.6. The third-order valence-electron chi connectivity index (χ3n) is 6.19. The van der Waals surface area contributed by atoms with E-state index in [9.17, 15) is 0 Å². The Morgan fingerprint density at radius 2 is 1.91 bits per heavy atom. The minimum Gasteiger partial charge on any atom is -0.360 e. The van der Waals surface area contributed by atoms with Crippen LogP contribution in [-0.2, 0) is 13.0 Å². The Morgan fingerprint density at radius 3 is 2.76 bits per heavy atom. The number of hydrogen-bond acceptors (Lipinski definition) is 7. The summed E-state index contributed by atoms with van der Waals surface area (Å²) in [6.07, 6.45) is 4.21. The van der Waals surface area contributed by atoms with Crippen LogP contribution in [0, 0.1) is 0 Å². The van der Waals surface area contributed by atoms with Crippen LogP contribution >= 0.6 is 0 Å². The predicted molar refractivity (Wildman–Crippen MR) is 131 cm³/mol. The molecule has 1 aliphatic rings. The lowest BCUT2D eigenvalue weighted by Crippen LogP contribution is -2.42. The molecule has 8 heteroatoms. The highest BCUT2D eigenvalue weighted by atomic mass is 15.2. The largest absolute Gasteiger partial charge is 0.360 e. The van der Waals surface area contributed by atoms with Crippen LogP contribution in [0.1, 0.15) is 24.0 Å². The van der Waals surface area contributed by atoms with Crippen molar-refractivity contribution in [2.75, 3.05) is 44.7 Å². The number of aromatic amines is 1. The molecular weight excluding hydrogens is 412 g/mol. The summed E-state index contributed by atoms with van der Waals surface area (Å²) in [4.78, 5) is 26.3.